The highest BCUT2D eigenvalue weighted by molar-refractivity contribution is 5.83. The van der Waals surface area contributed by atoms with Crippen molar-refractivity contribution >= 4 is 12.0 Å². The summed E-state index contributed by atoms with van der Waals surface area (Å²) in [5.74, 6) is -0.979. The smallest absolute Gasteiger partial charge is 0.326 e. The molecule has 0 spiro atoms. The SMILES string of the molecule is CC(C)(C)C(NC(=O)N1CCCCCCC1)C(=O)O. The fourth-order valence-corrected chi connectivity index (χ4v) is 2.31. The monoisotopic (exact) mass is 270 g/mol. The Morgan fingerprint density at radius 2 is 1.53 bits per heavy atom. The second-order valence-electron chi connectivity index (χ2n) is 6.34. The molecule has 0 aromatic carbocycles. The van der Waals surface area contributed by atoms with Crippen LogP contribution in [-0.4, -0.2) is 41.1 Å². The van der Waals surface area contributed by atoms with E-state index in [1.54, 1.807) is 4.90 Å². The zero-order chi connectivity index (χ0) is 14.5. The average molecular weight is 270 g/mol. The van der Waals surface area contributed by atoms with Gasteiger partial charge in [0.2, 0.25) is 0 Å². The van der Waals surface area contributed by atoms with E-state index in [1.807, 2.05) is 20.8 Å². The van der Waals surface area contributed by atoms with Crippen LogP contribution in [0.3, 0.4) is 0 Å². The Balaban J connectivity index is 2.62. The Hall–Kier alpha value is -1.26. The van der Waals surface area contributed by atoms with Crippen molar-refractivity contribution in [2.24, 2.45) is 5.41 Å². The topological polar surface area (TPSA) is 69.6 Å². The van der Waals surface area contributed by atoms with Crippen LogP contribution in [0.5, 0.6) is 0 Å². The highest BCUT2D eigenvalue weighted by atomic mass is 16.4. The summed E-state index contributed by atoms with van der Waals surface area (Å²) in [6.45, 7) is 6.91. The van der Waals surface area contributed by atoms with Crippen LogP contribution in [0.15, 0.2) is 0 Å². The molecule has 19 heavy (non-hydrogen) atoms. The van der Waals surface area contributed by atoms with Crippen LogP contribution in [0, 0.1) is 5.41 Å². The number of amides is 2. The van der Waals surface area contributed by atoms with E-state index in [-0.39, 0.29) is 6.03 Å². The summed E-state index contributed by atoms with van der Waals surface area (Å²) in [4.78, 5) is 25.2. The third-order valence-electron chi connectivity index (χ3n) is 3.52. The summed E-state index contributed by atoms with van der Waals surface area (Å²) in [5.41, 5.74) is -0.496. The van der Waals surface area contributed by atoms with Crippen LogP contribution >= 0.6 is 0 Å². The van der Waals surface area contributed by atoms with E-state index in [0.717, 1.165) is 38.8 Å². The molecule has 1 aliphatic rings. The minimum absolute atomic E-state index is 0.246. The highest BCUT2D eigenvalue weighted by Crippen LogP contribution is 2.20. The van der Waals surface area contributed by atoms with Gasteiger partial charge in [0.25, 0.3) is 0 Å². The fraction of sp³-hybridized carbons (Fsp3) is 0.857. The van der Waals surface area contributed by atoms with Crippen LogP contribution in [0.25, 0.3) is 0 Å². The maximum atomic E-state index is 12.2. The number of rotatable bonds is 2. The number of urea groups is 1. The van der Waals surface area contributed by atoms with Gasteiger partial charge in [-0.15, -0.1) is 0 Å². The number of carbonyl (C=O) groups excluding carboxylic acids is 1. The second-order valence-corrected chi connectivity index (χ2v) is 6.34. The quantitative estimate of drug-likeness (QED) is 0.809. The number of carboxylic acid groups (broad SMARTS) is 1. The molecule has 1 rings (SSSR count). The average Bonchev–Trinajstić information content (AvgIpc) is 2.22. The van der Waals surface area contributed by atoms with Crippen molar-refractivity contribution in [1.29, 1.82) is 0 Å². The summed E-state index contributed by atoms with van der Waals surface area (Å²) >= 11 is 0. The largest absolute Gasteiger partial charge is 0.480 e. The van der Waals surface area contributed by atoms with Gasteiger partial charge in [0.1, 0.15) is 6.04 Å². The van der Waals surface area contributed by atoms with Crippen LogP contribution in [-0.2, 0) is 4.79 Å². The van der Waals surface area contributed by atoms with Crippen molar-refractivity contribution in [3.05, 3.63) is 0 Å². The summed E-state index contributed by atoms with van der Waals surface area (Å²) in [6, 6.07) is -1.10. The van der Waals surface area contributed by atoms with Crippen molar-refractivity contribution in [1.82, 2.24) is 10.2 Å². The Morgan fingerprint density at radius 3 is 1.95 bits per heavy atom. The molecule has 5 heteroatoms. The van der Waals surface area contributed by atoms with E-state index in [9.17, 15) is 14.7 Å². The number of nitrogens with zero attached hydrogens (tertiary/aromatic N) is 1. The minimum Gasteiger partial charge on any atom is -0.480 e. The molecule has 0 aliphatic carbocycles. The molecule has 1 atom stereocenters. The molecular weight excluding hydrogens is 244 g/mol. The first-order valence-corrected chi connectivity index (χ1v) is 7.10. The van der Waals surface area contributed by atoms with Gasteiger partial charge in [-0.25, -0.2) is 9.59 Å². The zero-order valence-corrected chi connectivity index (χ0v) is 12.2. The van der Waals surface area contributed by atoms with Crippen LogP contribution in [0.2, 0.25) is 0 Å². The molecule has 1 heterocycles. The molecular formula is C14H26N2O3. The molecule has 1 saturated heterocycles. The molecule has 0 radical (unpaired) electrons. The third kappa shape index (κ3) is 5.09. The van der Waals surface area contributed by atoms with Gasteiger partial charge in [-0.2, -0.15) is 0 Å². The maximum Gasteiger partial charge on any atom is 0.326 e. The summed E-state index contributed by atoms with van der Waals surface area (Å²) in [6.07, 6.45) is 5.52. The van der Waals surface area contributed by atoms with E-state index in [0.29, 0.717) is 0 Å². The van der Waals surface area contributed by atoms with Crippen molar-refractivity contribution < 1.29 is 14.7 Å². The normalized spacial score (nSPS) is 19.2. The summed E-state index contributed by atoms with van der Waals surface area (Å²) in [5, 5.41) is 11.9. The fourth-order valence-electron chi connectivity index (χ4n) is 2.31. The first kappa shape index (κ1) is 15.8. The van der Waals surface area contributed by atoms with Gasteiger partial charge in [0, 0.05) is 13.1 Å². The predicted octanol–water partition coefficient (Wildman–Crippen LogP) is 2.46. The molecule has 0 bridgehead atoms. The van der Waals surface area contributed by atoms with Crippen molar-refractivity contribution in [2.75, 3.05) is 13.1 Å². The Labute approximate surface area is 115 Å². The summed E-state index contributed by atoms with van der Waals surface area (Å²) in [7, 11) is 0. The van der Waals surface area contributed by atoms with E-state index < -0.39 is 17.4 Å². The lowest BCUT2D eigenvalue weighted by molar-refractivity contribution is -0.142. The highest BCUT2D eigenvalue weighted by Gasteiger charge is 2.33. The van der Waals surface area contributed by atoms with Crippen molar-refractivity contribution in [3.8, 4) is 0 Å². The van der Waals surface area contributed by atoms with Gasteiger partial charge in [0.15, 0.2) is 0 Å². The van der Waals surface area contributed by atoms with Crippen LogP contribution in [0.4, 0.5) is 4.79 Å². The molecule has 5 nitrogen and oxygen atoms in total. The van der Waals surface area contributed by atoms with Gasteiger partial charge in [-0.3, -0.25) is 0 Å². The number of hydrogen-bond donors (Lipinski definition) is 2. The second kappa shape index (κ2) is 6.78. The van der Waals surface area contributed by atoms with E-state index >= 15 is 0 Å². The molecule has 1 unspecified atom stereocenters. The first-order chi connectivity index (χ1) is 8.82. The number of likely N-dealkylation sites (tertiary alicyclic amines) is 1. The van der Waals surface area contributed by atoms with Crippen LogP contribution < -0.4 is 5.32 Å². The molecule has 110 valence electrons. The van der Waals surface area contributed by atoms with Gasteiger partial charge in [-0.1, -0.05) is 40.0 Å². The predicted molar refractivity (Wildman–Crippen MR) is 74.1 cm³/mol. The minimum atomic E-state index is -0.979. The number of carboxylic acids is 1. The van der Waals surface area contributed by atoms with E-state index in [2.05, 4.69) is 5.32 Å². The molecule has 2 N–H and O–H groups in total. The first-order valence-electron chi connectivity index (χ1n) is 7.10. The molecule has 1 aliphatic heterocycles. The lowest BCUT2D eigenvalue weighted by Crippen LogP contribution is -2.53. The molecule has 0 aromatic heterocycles. The Bertz CT molecular complexity index is 315. The van der Waals surface area contributed by atoms with E-state index in [1.165, 1.54) is 6.42 Å². The number of carbonyl (C=O) groups is 2. The van der Waals surface area contributed by atoms with Gasteiger partial charge >= 0.3 is 12.0 Å². The van der Waals surface area contributed by atoms with Gasteiger partial charge in [0.05, 0.1) is 0 Å². The van der Waals surface area contributed by atoms with E-state index in [4.69, 9.17) is 0 Å². The molecule has 2 amide bonds. The zero-order valence-electron chi connectivity index (χ0n) is 12.2. The Morgan fingerprint density at radius 1 is 1.05 bits per heavy atom. The lowest BCUT2D eigenvalue weighted by atomic mass is 9.87. The molecule has 0 aromatic rings. The maximum absolute atomic E-state index is 12.2. The van der Waals surface area contributed by atoms with Gasteiger partial charge in [-0.05, 0) is 18.3 Å². The lowest BCUT2D eigenvalue weighted by Gasteiger charge is -2.31. The number of aliphatic carboxylic acids is 1. The summed E-state index contributed by atoms with van der Waals surface area (Å²) < 4.78 is 0. The Kier molecular flexibility index (Phi) is 5.63. The van der Waals surface area contributed by atoms with Crippen molar-refractivity contribution in [3.63, 3.8) is 0 Å². The standard InChI is InChI=1S/C14H26N2O3/c1-14(2,3)11(12(17)18)15-13(19)16-9-7-5-4-6-8-10-16/h11H,4-10H2,1-3H3,(H,15,19)(H,17,18). The third-order valence-corrected chi connectivity index (χ3v) is 3.52. The van der Waals surface area contributed by atoms with Gasteiger partial charge < -0.3 is 15.3 Å². The molecule has 0 saturated carbocycles. The van der Waals surface area contributed by atoms with Crippen LogP contribution in [0.1, 0.15) is 52.9 Å². The number of nitrogens with one attached hydrogen (secondary N) is 1. The number of hydrogen-bond acceptors (Lipinski definition) is 2. The molecule has 1 fully saturated rings. The van der Waals surface area contributed by atoms with Crippen molar-refractivity contribution in [2.45, 2.75) is 58.9 Å².